The molecule has 24 heavy (non-hydrogen) atoms. The maximum atomic E-state index is 12.7. The number of carbonyl (C=O) groups is 2. The molecule has 0 spiro atoms. The van der Waals surface area contributed by atoms with E-state index in [0.29, 0.717) is 31.9 Å². The van der Waals surface area contributed by atoms with Crippen LogP contribution in [0.5, 0.6) is 0 Å². The summed E-state index contributed by atoms with van der Waals surface area (Å²) in [5, 5.41) is 3.92. The van der Waals surface area contributed by atoms with E-state index in [4.69, 9.17) is 39.5 Å². The Morgan fingerprint density at radius 2 is 1.79 bits per heavy atom. The van der Waals surface area contributed by atoms with Gasteiger partial charge in [-0.2, -0.15) is 0 Å². The molecule has 0 fully saturated rings. The lowest BCUT2D eigenvalue weighted by Crippen LogP contribution is -2.48. The molecule has 2 aromatic carbocycles. The van der Waals surface area contributed by atoms with E-state index in [1.54, 1.807) is 37.3 Å². The molecule has 1 heterocycles. The fourth-order valence-electron chi connectivity index (χ4n) is 2.54. The van der Waals surface area contributed by atoms with Gasteiger partial charge in [-0.25, -0.2) is 4.79 Å². The standard InChI is InChI=1S/C17H12Cl3NO3/c1-17(16(23)21-14-5-3-11(19)7-13(14)20)8-9-6-10(18)2-4-12(9)15(22)24-17/h2-7H,8H2,1H3,(H,21,23). The summed E-state index contributed by atoms with van der Waals surface area (Å²) in [6, 6.07) is 9.57. The van der Waals surface area contributed by atoms with Crippen LogP contribution in [0, 0.1) is 0 Å². The molecule has 1 aliphatic heterocycles. The number of fused-ring (bicyclic) bond motifs is 1. The van der Waals surface area contributed by atoms with E-state index in [2.05, 4.69) is 5.32 Å². The number of amides is 1. The average Bonchev–Trinajstić information content (AvgIpc) is 2.49. The van der Waals surface area contributed by atoms with E-state index in [9.17, 15) is 9.59 Å². The molecular formula is C17H12Cl3NO3. The molecule has 1 atom stereocenters. The zero-order valence-electron chi connectivity index (χ0n) is 12.5. The van der Waals surface area contributed by atoms with E-state index < -0.39 is 17.5 Å². The normalized spacial score (nSPS) is 19.4. The number of anilines is 1. The van der Waals surface area contributed by atoms with Gasteiger partial charge < -0.3 is 10.1 Å². The second kappa shape index (κ2) is 6.28. The van der Waals surface area contributed by atoms with Crippen molar-refractivity contribution in [3.05, 3.63) is 62.6 Å². The summed E-state index contributed by atoms with van der Waals surface area (Å²) in [4.78, 5) is 24.8. The van der Waals surface area contributed by atoms with Crippen LogP contribution in [0.4, 0.5) is 5.69 Å². The fraction of sp³-hybridized carbons (Fsp3) is 0.176. The molecule has 0 bridgehead atoms. The van der Waals surface area contributed by atoms with E-state index >= 15 is 0 Å². The van der Waals surface area contributed by atoms with Crippen molar-refractivity contribution in [2.75, 3.05) is 5.32 Å². The number of hydrogen-bond donors (Lipinski definition) is 1. The Hall–Kier alpha value is -1.75. The number of cyclic esters (lactones) is 1. The molecule has 1 amide bonds. The summed E-state index contributed by atoms with van der Waals surface area (Å²) >= 11 is 17.9. The summed E-state index contributed by atoms with van der Waals surface area (Å²) in [6.45, 7) is 1.55. The van der Waals surface area contributed by atoms with Gasteiger partial charge in [-0.1, -0.05) is 34.8 Å². The number of nitrogens with one attached hydrogen (secondary N) is 1. The Kier molecular flexibility index (Phi) is 4.47. The summed E-state index contributed by atoms with van der Waals surface area (Å²) in [5.41, 5.74) is 0.102. The third kappa shape index (κ3) is 3.22. The van der Waals surface area contributed by atoms with Gasteiger partial charge in [0, 0.05) is 16.5 Å². The summed E-state index contributed by atoms with van der Waals surface area (Å²) in [5.74, 6) is -1.04. The van der Waals surface area contributed by atoms with Crippen molar-refractivity contribution >= 4 is 52.4 Å². The SMILES string of the molecule is CC1(C(=O)Nc2ccc(Cl)cc2Cl)Cc2cc(Cl)ccc2C(=O)O1. The van der Waals surface area contributed by atoms with E-state index in [1.165, 1.54) is 6.07 Å². The molecule has 0 saturated heterocycles. The molecule has 1 unspecified atom stereocenters. The van der Waals surface area contributed by atoms with Gasteiger partial charge in [0.2, 0.25) is 0 Å². The molecule has 1 N–H and O–H groups in total. The van der Waals surface area contributed by atoms with Crippen LogP contribution in [0.15, 0.2) is 36.4 Å². The van der Waals surface area contributed by atoms with Gasteiger partial charge >= 0.3 is 5.97 Å². The second-order valence-electron chi connectivity index (χ2n) is 5.68. The van der Waals surface area contributed by atoms with Gasteiger partial charge in [-0.3, -0.25) is 4.79 Å². The van der Waals surface area contributed by atoms with Crippen LogP contribution < -0.4 is 5.32 Å². The monoisotopic (exact) mass is 383 g/mol. The number of carbonyl (C=O) groups excluding carboxylic acids is 2. The lowest BCUT2D eigenvalue weighted by Gasteiger charge is -2.33. The zero-order chi connectivity index (χ0) is 17.5. The second-order valence-corrected chi connectivity index (χ2v) is 6.96. The first-order valence-electron chi connectivity index (χ1n) is 7.07. The van der Waals surface area contributed by atoms with Crippen molar-refractivity contribution in [3.63, 3.8) is 0 Å². The van der Waals surface area contributed by atoms with Crippen LogP contribution in [0.1, 0.15) is 22.8 Å². The Bertz CT molecular complexity index is 853. The van der Waals surface area contributed by atoms with Crippen molar-refractivity contribution in [2.24, 2.45) is 0 Å². The van der Waals surface area contributed by atoms with E-state index in [0.717, 1.165) is 0 Å². The van der Waals surface area contributed by atoms with Crippen molar-refractivity contribution in [2.45, 2.75) is 18.9 Å². The predicted octanol–water partition coefficient (Wildman–Crippen LogP) is 4.76. The molecule has 0 aliphatic carbocycles. The summed E-state index contributed by atoms with van der Waals surface area (Å²) in [6.07, 6.45) is 0.214. The van der Waals surface area contributed by atoms with Gasteiger partial charge in [0.05, 0.1) is 16.3 Å². The Balaban J connectivity index is 1.88. The summed E-state index contributed by atoms with van der Waals surface area (Å²) in [7, 11) is 0. The highest BCUT2D eigenvalue weighted by Crippen LogP contribution is 2.32. The van der Waals surface area contributed by atoms with Crippen molar-refractivity contribution in [1.29, 1.82) is 0 Å². The van der Waals surface area contributed by atoms with E-state index in [1.807, 2.05) is 0 Å². The highest BCUT2D eigenvalue weighted by molar-refractivity contribution is 6.36. The highest BCUT2D eigenvalue weighted by Gasteiger charge is 2.43. The van der Waals surface area contributed by atoms with Crippen LogP contribution in [-0.2, 0) is 16.0 Å². The zero-order valence-corrected chi connectivity index (χ0v) is 14.8. The smallest absolute Gasteiger partial charge is 0.339 e. The lowest BCUT2D eigenvalue weighted by molar-refractivity contribution is -0.134. The van der Waals surface area contributed by atoms with Gasteiger partial charge in [0.25, 0.3) is 5.91 Å². The van der Waals surface area contributed by atoms with E-state index in [-0.39, 0.29) is 6.42 Å². The van der Waals surface area contributed by atoms with Crippen molar-refractivity contribution < 1.29 is 14.3 Å². The number of esters is 1. The molecule has 1 aliphatic rings. The molecule has 7 heteroatoms. The van der Waals surface area contributed by atoms with Crippen LogP contribution in [0.3, 0.4) is 0 Å². The van der Waals surface area contributed by atoms with Gasteiger partial charge in [0.1, 0.15) is 0 Å². The number of ether oxygens (including phenoxy) is 1. The predicted molar refractivity (Wildman–Crippen MR) is 94.1 cm³/mol. The van der Waals surface area contributed by atoms with Crippen LogP contribution in [0.2, 0.25) is 15.1 Å². The van der Waals surface area contributed by atoms with Crippen molar-refractivity contribution in [3.8, 4) is 0 Å². The van der Waals surface area contributed by atoms with Crippen LogP contribution >= 0.6 is 34.8 Å². The number of halogens is 3. The maximum absolute atomic E-state index is 12.7. The highest BCUT2D eigenvalue weighted by atomic mass is 35.5. The molecule has 124 valence electrons. The maximum Gasteiger partial charge on any atom is 0.339 e. The third-order valence-corrected chi connectivity index (χ3v) is 4.58. The minimum absolute atomic E-state index is 0.214. The van der Waals surface area contributed by atoms with Crippen molar-refractivity contribution in [1.82, 2.24) is 0 Å². The Labute approximate surface area is 153 Å². The van der Waals surface area contributed by atoms with Gasteiger partial charge in [-0.05, 0) is 48.9 Å². The largest absolute Gasteiger partial charge is 0.445 e. The first kappa shape index (κ1) is 17.1. The van der Waals surface area contributed by atoms with Crippen LogP contribution in [0.25, 0.3) is 0 Å². The molecule has 0 saturated carbocycles. The lowest BCUT2D eigenvalue weighted by atomic mass is 9.89. The molecular weight excluding hydrogens is 373 g/mol. The number of rotatable bonds is 2. The fourth-order valence-corrected chi connectivity index (χ4v) is 3.19. The topological polar surface area (TPSA) is 55.4 Å². The molecule has 2 aromatic rings. The molecule has 4 nitrogen and oxygen atoms in total. The number of benzene rings is 2. The molecule has 0 radical (unpaired) electrons. The van der Waals surface area contributed by atoms with Gasteiger partial charge in [-0.15, -0.1) is 0 Å². The first-order chi connectivity index (χ1) is 11.3. The Morgan fingerprint density at radius 3 is 2.50 bits per heavy atom. The average molecular weight is 385 g/mol. The molecule has 0 aromatic heterocycles. The quantitative estimate of drug-likeness (QED) is 0.760. The molecule has 3 rings (SSSR count). The Morgan fingerprint density at radius 1 is 1.12 bits per heavy atom. The summed E-state index contributed by atoms with van der Waals surface area (Å²) < 4.78 is 5.37. The first-order valence-corrected chi connectivity index (χ1v) is 8.20. The van der Waals surface area contributed by atoms with Gasteiger partial charge in [0.15, 0.2) is 5.60 Å². The van der Waals surface area contributed by atoms with Crippen LogP contribution in [-0.4, -0.2) is 17.5 Å². The minimum atomic E-state index is -1.36. The number of hydrogen-bond acceptors (Lipinski definition) is 3. The third-order valence-electron chi connectivity index (χ3n) is 3.79. The minimum Gasteiger partial charge on any atom is -0.445 e.